The molecule has 1 aromatic heterocycles. The number of fused-ring (bicyclic) bond motifs is 1. The van der Waals surface area contributed by atoms with Crippen LogP contribution in [0.15, 0.2) is 47.6 Å². The summed E-state index contributed by atoms with van der Waals surface area (Å²) >= 11 is 0. The zero-order valence-electron chi connectivity index (χ0n) is 12.4. The van der Waals surface area contributed by atoms with E-state index in [4.69, 9.17) is 5.11 Å². The van der Waals surface area contributed by atoms with Crippen LogP contribution in [0.25, 0.3) is 0 Å². The molecular weight excluding hydrogens is 318 g/mol. The molecule has 1 aromatic carbocycles. The van der Waals surface area contributed by atoms with Gasteiger partial charge in [-0.3, -0.25) is 9.29 Å². The lowest BCUT2D eigenvalue weighted by molar-refractivity contribution is 0.0696. The number of pyridine rings is 1. The van der Waals surface area contributed by atoms with Crippen molar-refractivity contribution in [3.05, 3.63) is 48.3 Å². The minimum Gasteiger partial charge on any atom is -0.478 e. The quantitative estimate of drug-likeness (QED) is 0.913. The second kappa shape index (κ2) is 5.54. The molecule has 0 aliphatic carbocycles. The molecule has 1 N–H and O–H groups in total. The zero-order valence-corrected chi connectivity index (χ0v) is 13.2. The Morgan fingerprint density at radius 3 is 2.48 bits per heavy atom. The number of carbonyl (C=O) groups is 1. The van der Waals surface area contributed by atoms with Crippen LogP contribution in [-0.2, 0) is 10.0 Å². The number of nitrogens with zero attached hydrogens (tertiary/aromatic N) is 3. The van der Waals surface area contributed by atoms with Crippen molar-refractivity contribution in [2.75, 3.05) is 29.3 Å². The maximum Gasteiger partial charge on any atom is 0.335 e. The third-order valence-electron chi connectivity index (χ3n) is 3.79. The van der Waals surface area contributed by atoms with Gasteiger partial charge >= 0.3 is 5.97 Å². The Morgan fingerprint density at radius 1 is 1.13 bits per heavy atom. The van der Waals surface area contributed by atoms with E-state index < -0.39 is 16.0 Å². The van der Waals surface area contributed by atoms with Crippen LogP contribution < -0.4 is 9.21 Å². The number of aromatic carboxylic acids is 1. The molecule has 0 amide bonds. The first kappa shape index (κ1) is 15.3. The van der Waals surface area contributed by atoms with Crippen LogP contribution in [0.1, 0.15) is 10.4 Å². The Hall–Kier alpha value is -2.61. The molecule has 7 nitrogen and oxygen atoms in total. The Morgan fingerprint density at radius 2 is 1.83 bits per heavy atom. The van der Waals surface area contributed by atoms with Crippen LogP contribution in [0.2, 0.25) is 0 Å². The van der Waals surface area contributed by atoms with Crippen LogP contribution in [0.5, 0.6) is 0 Å². The summed E-state index contributed by atoms with van der Waals surface area (Å²) in [4.78, 5) is 16.9. The number of anilines is 2. The van der Waals surface area contributed by atoms with Gasteiger partial charge in [-0.25, -0.2) is 13.2 Å². The molecule has 0 atom stereocenters. The molecule has 0 unspecified atom stereocenters. The minimum atomic E-state index is -3.77. The lowest BCUT2D eigenvalue weighted by atomic mass is 10.2. The fraction of sp³-hybridized carbons (Fsp3) is 0.200. The van der Waals surface area contributed by atoms with Gasteiger partial charge in [0, 0.05) is 19.8 Å². The average molecular weight is 333 g/mol. The molecule has 1 aliphatic rings. The number of likely N-dealkylation sites (N-methyl/N-ethyl adjacent to an activating group) is 1. The summed E-state index contributed by atoms with van der Waals surface area (Å²) in [5, 5.41) is 8.91. The maximum absolute atomic E-state index is 12.9. The van der Waals surface area contributed by atoms with Crippen molar-refractivity contribution < 1.29 is 18.3 Å². The highest BCUT2D eigenvalue weighted by molar-refractivity contribution is 7.92. The van der Waals surface area contributed by atoms with E-state index in [1.165, 1.54) is 34.8 Å². The number of hydrogen-bond acceptors (Lipinski definition) is 5. The van der Waals surface area contributed by atoms with Gasteiger partial charge in [0.2, 0.25) is 0 Å². The lowest BCUT2D eigenvalue weighted by Gasteiger charge is -2.35. The summed E-state index contributed by atoms with van der Waals surface area (Å²) < 4.78 is 27.1. The summed E-state index contributed by atoms with van der Waals surface area (Å²) in [6, 6.07) is 6.97. The van der Waals surface area contributed by atoms with Gasteiger partial charge in [0.25, 0.3) is 10.0 Å². The first-order valence-corrected chi connectivity index (χ1v) is 8.36. The van der Waals surface area contributed by atoms with E-state index in [-0.39, 0.29) is 10.5 Å². The number of rotatable bonds is 3. The summed E-state index contributed by atoms with van der Waals surface area (Å²) in [6.07, 6.45) is 3.14. The average Bonchev–Trinajstić information content (AvgIpc) is 2.55. The third-order valence-corrected chi connectivity index (χ3v) is 5.61. The molecule has 8 heteroatoms. The van der Waals surface area contributed by atoms with Crippen LogP contribution in [-0.4, -0.2) is 44.6 Å². The Balaban J connectivity index is 2.03. The van der Waals surface area contributed by atoms with Crippen LogP contribution in [0, 0.1) is 0 Å². The van der Waals surface area contributed by atoms with Gasteiger partial charge in [0.05, 0.1) is 34.6 Å². The van der Waals surface area contributed by atoms with E-state index >= 15 is 0 Å². The largest absolute Gasteiger partial charge is 0.478 e. The Kier molecular flexibility index (Phi) is 3.69. The standard InChI is InChI=1S/C15H15N3O4S/c1-17-8-9-18(14-10-16-7-6-13(14)17)23(21,22)12-4-2-11(3-5-12)15(19)20/h2-7,10H,8-9H2,1H3,(H,19,20). The minimum absolute atomic E-state index is 0.0457. The molecule has 0 radical (unpaired) electrons. The maximum atomic E-state index is 12.9. The van der Waals surface area contributed by atoms with Crippen LogP contribution >= 0.6 is 0 Å². The van der Waals surface area contributed by atoms with E-state index in [2.05, 4.69) is 4.98 Å². The number of aromatic nitrogens is 1. The predicted octanol–water partition coefficient (Wildman–Crippen LogP) is 1.42. The first-order valence-electron chi connectivity index (χ1n) is 6.92. The number of hydrogen-bond donors (Lipinski definition) is 1. The van der Waals surface area contributed by atoms with Gasteiger partial charge in [0.1, 0.15) is 0 Å². The molecule has 120 valence electrons. The molecule has 1 aliphatic heterocycles. The van der Waals surface area contributed by atoms with E-state index in [1.807, 2.05) is 11.9 Å². The molecule has 0 spiro atoms. The Bertz CT molecular complexity index is 849. The fourth-order valence-corrected chi connectivity index (χ4v) is 3.98. The van der Waals surface area contributed by atoms with Crippen molar-refractivity contribution in [1.82, 2.24) is 4.98 Å². The zero-order chi connectivity index (χ0) is 16.6. The number of carboxylic acid groups (broad SMARTS) is 1. The van der Waals surface area contributed by atoms with Crippen molar-refractivity contribution in [3.8, 4) is 0 Å². The van der Waals surface area contributed by atoms with Crippen LogP contribution in [0.3, 0.4) is 0 Å². The summed E-state index contributed by atoms with van der Waals surface area (Å²) in [7, 11) is -1.87. The molecule has 0 saturated heterocycles. The second-order valence-electron chi connectivity index (χ2n) is 5.19. The van der Waals surface area contributed by atoms with Gasteiger partial charge in [0.15, 0.2) is 0 Å². The highest BCUT2D eigenvalue weighted by Gasteiger charge is 2.31. The van der Waals surface area contributed by atoms with E-state index in [0.717, 1.165) is 5.69 Å². The monoisotopic (exact) mass is 333 g/mol. The van der Waals surface area contributed by atoms with Crippen molar-refractivity contribution >= 4 is 27.4 Å². The molecule has 23 heavy (non-hydrogen) atoms. The highest BCUT2D eigenvalue weighted by atomic mass is 32.2. The second-order valence-corrected chi connectivity index (χ2v) is 7.05. The van der Waals surface area contributed by atoms with Gasteiger partial charge in [-0.15, -0.1) is 0 Å². The molecular formula is C15H15N3O4S. The molecule has 2 heterocycles. The first-order chi connectivity index (χ1) is 10.9. The molecule has 0 saturated carbocycles. The summed E-state index contributed by atoms with van der Waals surface area (Å²) in [6.45, 7) is 0.863. The van der Waals surface area contributed by atoms with E-state index in [0.29, 0.717) is 18.8 Å². The number of carboxylic acids is 1. The summed E-state index contributed by atoms with van der Waals surface area (Å²) in [5.74, 6) is -1.09. The van der Waals surface area contributed by atoms with Crippen molar-refractivity contribution in [2.24, 2.45) is 0 Å². The lowest BCUT2D eigenvalue weighted by Crippen LogP contribution is -2.42. The van der Waals surface area contributed by atoms with Crippen LogP contribution in [0.4, 0.5) is 11.4 Å². The van der Waals surface area contributed by atoms with Gasteiger partial charge in [-0.2, -0.15) is 0 Å². The van der Waals surface area contributed by atoms with Crippen molar-refractivity contribution in [3.63, 3.8) is 0 Å². The fourth-order valence-electron chi connectivity index (χ4n) is 2.52. The van der Waals surface area contributed by atoms with E-state index in [9.17, 15) is 13.2 Å². The van der Waals surface area contributed by atoms with Crippen molar-refractivity contribution in [1.29, 1.82) is 0 Å². The van der Waals surface area contributed by atoms with Gasteiger partial charge in [-0.05, 0) is 30.3 Å². The SMILES string of the molecule is CN1CCN(S(=O)(=O)c2ccc(C(=O)O)cc2)c2cnccc21. The third kappa shape index (κ3) is 2.61. The highest BCUT2D eigenvalue weighted by Crippen LogP contribution is 2.34. The predicted molar refractivity (Wildman–Crippen MR) is 85.4 cm³/mol. The molecule has 0 fully saturated rings. The summed E-state index contributed by atoms with van der Waals surface area (Å²) in [5.41, 5.74) is 1.35. The Labute approximate surface area is 133 Å². The number of benzene rings is 1. The number of sulfonamides is 1. The van der Waals surface area contributed by atoms with Gasteiger partial charge in [-0.1, -0.05) is 0 Å². The van der Waals surface area contributed by atoms with E-state index in [1.54, 1.807) is 12.3 Å². The van der Waals surface area contributed by atoms with Gasteiger partial charge < -0.3 is 10.0 Å². The molecule has 0 bridgehead atoms. The smallest absolute Gasteiger partial charge is 0.335 e. The normalized spacial score (nSPS) is 14.5. The van der Waals surface area contributed by atoms with Crippen molar-refractivity contribution in [2.45, 2.75) is 4.90 Å². The molecule has 3 rings (SSSR count). The molecule has 2 aromatic rings. The topological polar surface area (TPSA) is 90.8 Å².